The summed E-state index contributed by atoms with van der Waals surface area (Å²) in [6.45, 7) is 12.6. The third-order valence-electron chi connectivity index (χ3n) is 4.97. The van der Waals surface area contributed by atoms with Gasteiger partial charge in [-0.25, -0.2) is 0 Å². The van der Waals surface area contributed by atoms with Crippen LogP contribution in [-0.2, 0) is 29.2 Å². The minimum absolute atomic E-state index is 0. The van der Waals surface area contributed by atoms with Crippen LogP contribution >= 0.6 is 0 Å². The SMILES string of the molecule is CC(C)CCCC(C)COC(=O)CC(C(=O)OCC(C)CCCC(C)C)S(=O)(=O)O.[H-].[Na+]. The molecule has 0 aromatic heterocycles. The van der Waals surface area contributed by atoms with Crippen LogP contribution in [0.1, 0.15) is 87.9 Å². The van der Waals surface area contributed by atoms with Gasteiger partial charge >= 0.3 is 41.5 Å². The Morgan fingerprint density at radius 2 is 1.23 bits per heavy atom. The summed E-state index contributed by atoms with van der Waals surface area (Å²) in [6.07, 6.45) is 5.14. The minimum atomic E-state index is -4.77. The first-order valence-electron chi connectivity index (χ1n) is 11.1. The molecule has 7 nitrogen and oxygen atoms in total. The summed E-state index contributed by atoms with van der Waals surface area (Å²) < 4.78 is 42.7. The van der Waals surface area contributed by atoms with Gasteiger partial charge in [0.2, 0.25) is 0 Å². The molecule has 9 heteroatoms. The fourth-order valence-corrected chi connectivity index (χ4v) is 3.65. The van der Waals surface area contributed by atoms with Crippen molar-refractivity contribution in [1.29, 1.82) is 0 Å². The van der Waals surface area contributed by atoms with Gasteiger partial charge in [0.1, 0.15) is 0 Å². The molecular formula is C22H43NaO7S. The van der Waals surface area contributed by atoms with Gasteiger partial charge in [0.05, 0.1) is 19.6 Å². The van der Waals surface area contributed by atoms with Crippen molar-refractivity contribution < 1.29 is 63.0 Å². The largest absolute Gasteiger partial charge is 1.00 e. The second-order valence-electron chi connectivity index (χ2n) is 9.38. The third kappa shape index (κ3) is 18.0. The number of ether oxygens (including phenoxy) is 2. The van der Waals surface area contributed by atoms with Crippen molar-refractivity contribution in [3.63, 3.8) is 0 Å². The first-order valence-corrected chi connectivity index (χ1v) is 12.6. The van der Waals surface area contributed by atoms with Crippen LogP contribution in [0.5, 0.6) is 0 Å². The normalized spacial score (nSPS) is 14.6. The molecule has 3 unspecified atom stereocenters. The van der Waals surface area contributed by atoms with Crippen LogP contribution in [-0.4, -0.2) is 43.4 Å². The quantitative estimate of drug-likeness (QED) is 0.206. The van der Waals surface area contributed by atoms with Gasteiger partial charge in [-0.2, -0.15) is 8.42 Å². The molecular weight excluding hydrogens is 431 g/mol. The van der Waals surface area contributed by atoms with Gasteiger partial charge in [0.25, 0.3) is 10.1 Å². The van der Waals surface area contributed by atoms with Crippen molar-refractivity contribution in [2.75, 3.05) is 13.2 Å². The van der Waals surface area contributed by atoms with Crippen molar-refractivity contribution in [2.45, 2.75) is 91.7 Å². The molecule has 1 N–H and O–H groups in total. The predicted octanol–water partition coefficient (Wildman–Crippen LogP) is 1.76. The maximum absolute atomic E-state index is 12.2. The molecule has 3 atom stereocenters. The molecule has 0 amide bonds. The summed E-state index contributed by atoms with van der Waals surface area (Å²) in [6, 6.07) is 0. The van der Waals surface area contributed by atoms with E-state index in [-0.39, 0.29) is 56.0 Å². The second kappa shape index (κ2) is 17.3. The van der Waals surface area contributed by atoms with Crippen molar-refractivity contribution in [2.24, 2.45) is 23.7 Å². The Kier molecular flexibility index (Phi) is 18.5. The van der Waals surface area contributed by atoms with E-state index in [1.165, 1.54) is 0 Å². The van der Waals surface area contributed by atoms with Crippen LogP contribution in [0.4, 0.5) is 0 Å². The van der Waals surface area contributed by atoms with Gasteiger partial charge < -0.3 is 10.9 Å². The topological polar surface area (TPSA) is 107 Å². The van der Waals surface area contributed by atoms with E-state index in [1.807, 2.05) is 13.8 Å². The van der Waals surface area contributed by atoms with Gasteiger partial charge in [-0.3, -0.25) is 14.1 Å². The standard InChI is InChI=1S/C22H42O7S.Na.H/c1-16(2)9-7-11-18(5)14-28-21(23)13-20(30(25,26)27)22(24)29-15-19(6)12-8-10-17(3)4;;/h16-20H,7-15H2,1-6H3,(H,25,26,27);;/q;+1;-1. The van der Waals surface area contributed by atoms with Crippen LogP contribution in [0.2, 0.25) is 0 Å². The number of esters is 2. The molecule has 0 saturated heterocycles. The van der Waals surface area contributed by atoms with E-state index in [9.17, 15) is 22.6 Å². The maximum Gasteiger partial charge on any atom is 1.00 e. The number of rotatable bonds is 16. The molecule has 31 heavy (non-hydrogen) atoms. The summed E-state index contributed by atoms with van der Waals surface area (Å²) in [7, 11) is -4.77. The van der Waals surface area contributed by atoms with Gasteiger partial charge in [-0.15, -0.1) is 0 Å². The van der Waals surface area contributed by atoms with Gasteiger partial charge in [0.15, 0.2) is 5.25 Å². The molecule has 0 aliphatic carbocycles. The van der Waals surface area contributed by atoms with E-state index in [2.05, 4.69) is 27.7 Å². The van der Waals surface area contributed by atoms with Gasteiger partial charge in [-0.05, 0) is 36.5 Å². The van der Waals surface area contributed by atoms with E-state index in [1.54, 1.807) is 0 Å². The van der Waals surface area contributed by atoms with E-state index in [4.69, 9.17) is 9.47 Å². The molecule has 0 radical (unpaired) electrons. The molecule has 0 aromatic rings. The zero-order chi connectivity index (χ0) is 23.3. The average Bonchev–Trinajstić information content (AvgIpc) is 2.60. The van der Waals surface area contributed by atoms with E-state index < -0.39 is 33.7 Å². The van der Waals surface area contributed by atoms with Crippen molar-refractivity contribution in [3.8, 4) is 0 Å². The predicted molar refractivity (Wildman–Crippen MR) is 119 cm³/mol. The van der Waals surface area contributed by atoms with Crippen molar-refractivity contribution in [1.82, 2.24) is 0 Å². The van der Waals surface area contributed by atoms with Gasteiger partial charge in [0, 0.05) is 0 Å². The second-order valence-corrected chi connectivity index (χ2v) is 11.0. The molecule has 0 bridgehead atoms. The average molecular weight is 475 g/mol. The van der Waals surface area contributed by atoms with Crippen LogP contribution in [0.15, 0.2) is 0 Å². The Morgan fingerprint density at radius 1 is 0.806 bits per heavy atom. The molecule has 0 aliphatic rings. The number of hydrogen-bond acceptors (Lipinski definition) is 6. The van der Waals surface area contributed by atoms with Crippen LogP contribution in [0, 0.1) is 23.7 Å². The molecule has 0 spiro atoms. The summed E-state index contributed by atoms with van der Waals surface area (Å²) in [5.41, 5.74) is 0. The molecule has 0 rings (SSSR count). The first-order chi connectivity index (χ1) is 13.8. The third-order valence-corrected chi connectivity index (χ3v) is 6.05. The van der Waals surface area contributed by atoms with Gasteiger partial charge in [-0.1, -0.05) is 67.2 Å². The molecule has 0 aliphatic heterocycles. The Morgan fingerprint density at radius 3 is 1.61 bits per heavy atom. The summed E-state index contributed by atoms with van der Waals surface area (Å²) in [5, 5.41) is -1.95. The van der Waals surface area contributed by atoms with Crippen LogP contribution in [0.3, 0.4) is 0 Å². The van der Waals surface area contributed by atoms with E-state index in [0.29, 0.717) is 11.8 Å². The zero-order valence-electron chi connectivity index (χ0n) is 21.6. The minimum Gasteiger partial charge on any atom is -1.00 e. The molecule has 0 saturated carbocycles. The van der Waals surface area contributed by atoms with Crippen molar-refractivity contribution >= 4 is 22.1 Å². The smallest absolute Gasteiger partial charge is 1.00 e. The maximum atomic E-state index is 12.2. The fraction of sp³-hybridized carbons (Fsp3) is 0.909. The Hall–Kier alpha value is -0.150. The first kappa shape index (κ1) is 33.0. The Labute approximate surface area is 212 Å². The molecule has 0 fully saturated rings. The molecule has 0 heterocycles. The number of carbonyl (C=O) groups excluding carboxylic acids is 2. The number of hydrogen-bond donors (Lipinski definition) is 1. The van der Waals surface area contributed by atoms with Crippen molar-refractivity contribution in [3.05, 3.63) is 0 Å². The molecule has 180 valence electrons. The fourth-order valence-electron chi connectivity index (χ4n) is 2.99. The zero-order valence-corrected chi connectivity index (χ0v) is 23.4. The van der Waals surface area contributed by atoms with Crippen LogP contribution in [0.25, 0.3) is 0 Å². The van der Waals surface area contributed by atoms with E-state index in [0.717, 1.165) is 38.5 Å². The summed E-state index contributed by atoms with van der Waals surface area (Å²) >= 11 is 0. The number of carbonyl (C=O) groups is 2. The monoisotopic (exact) mass is 474 g/mol. The Bertz CT molecular complexity index is 611. The summed E-state index contributed by atoms with van der Waals surface area (Å²) in [4.78, 5) is 24.2. The van der Waals surface area contributed by atoms with Crippen LogP contribution < -0.4 is 29.6 Å². The summed E-state index contributed by atoms with van der Waals surface area (Å²) in [5.74, 6) is -0.555. The Balaban J connectivity index is -0.00000420. The molecule has 0 aromatic carbocycles. The van der Waals surface area contributed by atoms with E-state index >= 15 is 0 Å².